The molecule has 3 rings (SSSR count). The fourth-order valence-electron chi connectivity index (χ4n) is 2.07. The van der Waals surface area contributed by atoms with Gasteiger partial charge in [0.15, 0.2) is 11.5 Å². The van der Waals surface area contributed by atoms with Gasteiger partial charge in [0, 0.05) is 17.4 Å². The maximum Gasteiger partial charge on any atom is 0.162 e. The average Bonchev–Trinajstić information content (AvgIpc) is 2.52. The molecule has 4 heteroatoms. The Morgan fingerprint density at radius 1 is 1.19 bits per heavy atom. The molecule has 1 aromatic rings. The minimum Gasteiger partial charge on any atom is -0.490 e. The van der Waals surface area contributed by atoms with Gasteiger partial charge in [0.05, 0.1) is 13.2 Å². The Balaban J connectivity index is 2.05. The number of hydrogen-bond donors (Lipinski definition) is 1. The first kappa shape index (κ1) is 10.3. The van der Waals surface area contributed by atoms with Gasteiger partial charge < -0.3 is 15.2 Å². The zero-order chi connectivity index (χ0) is 11.0. The lowest BCUT2D eigenvalue weighted by atomic mass is 10.0. The van der Waals surface area contributed by atoms with E-state index in [1.807, 2.05) is 11.8 Å². The molecule has 2 aliphatic heterocycles. The summed E-state index contributed by atoms with van der Waals surface area (Å²) in [5, 5.41) is 0. The Morgan fingerprint density at radius 3 is 2.75 bits per heavy atom. The van der Waals surface area contributed by atoms with Crippen LogP contribution in [0.1, 0.15) is 24.4 Å². The van der Waals surface area contributed by atoms with Crippen LogP contribution in [0.15, 0.2) is 17.0 Å². The summed E-state index contributed by atoms with van der Waals surface area (Å²) < 4.78 is 11.3. The molecule has 0 radical (unpaired) electrons. The monoisotopic (exact) mass is 237 g/mol. The molecule has 0 aliphatic carbocycles. The summed E-state index contributed by atoms with van der Waals surface area (Å²) in [5.41, 5.74) is 7.32. The van der Waals surface area contributed by atoms with E-state index in [0.29, 0.717) is 0 Å². The van der Waals surface area contributed by atoms with Gasteiger partial charge in [0.25, 0.3) is 0 Å². The SMILES string of the molecule is NC1CCSc2cc3c(cc21)OCCCO3. The van der Waals surface area contributed by atoms with Crippen molar-refractivity contribution in [1.29, 1.82) is 0 Å². The van der Waals surface area contributed by atoms with Crippen LogP contribution in [-0.4, -0.2) is 19.0 Å². The largest absolute Gasteiger partial charge is 0.490 e. The van der Waals surface area contributed by atoms with Crippen molar-refractivity contribution in [2.45, 2.75) is 23.8 Å². The van der Waals surface area contributed by atoms with Crippen LogP contribution < -0.4 is 15.2 Å². The topological polar surface area (TPSA) is 44.5 Å². The van der Waals surface area contributed by atoms with Crippen molar-refractivity contribution in [2.24, 2.45) is 5.73 Å². The summed E-state index contributed by atoms with van der Waals surface area (Å²) in [7, 11) is 0. The van der Waals surface area contributed by atoms with Crippen molar-refractivity contribution in [2.75, 3.05) is 19.0 Å². The molecule has 0 saturated heterocycles. The van der Waals surface area contributed by atoms with E-state index in [9.17, 15) is 0 Å². The first-order valence-corrected chi connectivity index (χ1v) is 6.65. The van der Waals surface area contributed by atoms with Crippen molar-refractivity contribution < 1.29 is 9.47 Å². The van der Waals surface area contributed by atoms with Crippen LogP contribution in [0.4, 0.5) is 0 Å². The second-order valence-corrected chi connectivity index (χ2v) is 5.27. The molecule has 1 unspecified atom stereocenters. The van der Waals surface area contributed by atoms with Crippen LogP contribution in [-0.2, 0) is 0 Å². The van der Waals surface area contributed by atoms with Crippen LogP contribution >= 0.6 is 11.8 Å². The highest BCUT2D eigenvalue weighted by molar-refractivity contribution is 7.99. The second-order valence-electron chi connectivity index (χ2n) is 4.13. The number of hydrogen-bond acceptors (Lipinski definition) is 4. The highest BCUT2D eigenvalue weighted by Gasteiger charge is 2.21. The molecule has 0 amide bonds. The zero-order valence-corrected chi connectivity index (χ0v) is 9.89. The zero-order valence-electron chi connectivity index (χ0n) is 9.07. The lowest BCUT2D eigenvalue weighted by molar-refractivity contribution is 0.297. The molecule has 0 spiro atoms. The third-order valence-corrected chi connectivity index (χ3v) is 4.07. The van der Waals surface area contributed by atoms with Crippen molar-refractivity contribution >= 4 is 11.8 Å². The van der Waals surface area contributed by atoms with Gasteiger partial charge in [0.1, 0.15) is 0 Å². The fraction of sp³-hybridized carbons (Fsp3) is 0.500. The van der Waals surface area contributed by atoms with Gasteiger partial charge in [-0.05, 0) is 29.9 Å². The third-order valence-electron chi connectivity index (χ3n) is 2.97. The van der Waals surface area contributed by atoms with Gasteiger partial charge >= 0.3 is 0 Å². The summed E-state index contributed by atoms with van der Waals surface area (Å²) in [5.74, 6) is 2.82. The van der Waals surface area contributed by atoms with Crippen molar-refractivity contribution in [3.63, 3.8) is 0 Å². The van der Waals surface area contributed by atoms with Gasteiger partial charge in [0.2, 0.25) is 0 Å². The number of ether oxygens (including phenoxy) is 2. The summed E-state index contributed by atoms with van der Waals surface area (Å²) in [6.45, 7) is 1.47. The van der Waals surface area contributed by atoms with Gasteiger partial charge in [-0.3, -0.25) is 0 Å². The Bertz CT molecular complexity index is 408. The number of benzene rings is 1. The molecule has 1 atom stereocenters. The first-order valence-electron chi connectivity index (χ1n) is 5.66. The molecule has 86 valence electrons. The molecular weight excluding hydrogens is 222 g/mol. The number of nitrogens with two attached hydrogens (primary N) is 1. The molecular formula is C12H15NO2S. The molecule has 0 saturated carbocycles. The Hall–Kier alpha value is -0.870. The van der Waals surface area contributed by atoms with E-state index in [1.54, 1.807) is 0 Å². The Labute approximate surface area is 99.3 Å². The molecule has 0 fully saturated rings. The Morgan fingerprint density at radius 2 is 1.94 bits per heavy atom. The van der Waals surface area contributed by atoms with Crippen LogP contribution in [0.5, 0.6) is 11.5 Å². The van der Waals surface area contributed by atoms with Gasteiger partial charge in [-0.25, -0.2) is 0 Å². The minimum atomic E-state index is 0.147. The van der Waals surface area contributed by atoms with E-state index in [2.05, 4.69) is 12.1 Å². The van der Waals surface area contributed by atoms with Gasteiger partial charge in [-0.1, -0.05) is 0 Å². The number of fused-ring (bicyclic) bond motifs is 2. The lowest BCUT2D eigenvalue weighted by Gasteiger charge is -2.23. The van der Waals surface area contributed by atoms with Crippen molar-refractivity contribution in [3.8, 4) is 11.5 Å². The van der Waals surface area contributed by atoms with Gasteiger partial charge in [-0.2, -0.15) is 0 Å². The molecule has 3 nitrogen and oxygen atoms in total. The third kappa shape index (κ3) is 1.76. The van der Waals surface area contributed by atoms with E-state index < -0.39 is 0 Å². The first-order chi connectivity index (χ1) is 7.84. The lowest BCUT2D eigenvalue weighted by Crippen LogP contribution is -2.16. The standard InChI is InChI=1S/C12H15NO2S/c13-9-2-5-16-12-7-11-10(6-8(9)12)14-3-1-4-15-11/h6-7,9H,1-5,13H2. The molecule has 1 aromatic carbocycles. The van der Waals surface area contributed by atoms with Crippen molar-refractivity contribution in [3.05, 3.63) is 17.7 Å². The molecule has 2 heterocycles. The molecule has 2 aliphatic rings. The summed E-state index contributed by atoms with van der Waals surface area (Å²) in [6, 6.07) is 4.29. The predicted octanol–water partition coefficient (Wildman–Crippen LogP) is 2.34. The van der Waals surface area contributed by atoms with E-state index in [-0.39, 0.29) is 6.04 Å². The Kier molecular flexibility index (Phi) is 2.69. The minimum absolute atomic E-state index is 0.147. The van der Waals surface area contributed by atoms with Crippen molar-refractivity contribution in [1.82, 2.24) is 0 Å². The smallest absolute Gasteiger partial charge is 0.162 e. The van der Waals surface area contributed by atoms with Crippen LogP contribution in [0.25, 0.3) is 0 Å². The number of thioether (sulfide) groups is 1. The van der Waals surface area contributed by atoms with E-state index >= 15 is 0 Å². The van der Waals surface area contributed by atoms with Crippen LogP contribution in [0.3, 0.4) is 0 Å². The summed E-state index contributed by atoms with van der Waals surface area (Å²) in [4.78, 5) is 1.25. The maximum absolute atomic E-state index is 6.11. The normalized spacial score (nSPS) is 23.4. The predicted molar refractivity (Wildman–Crippen MR) is 64.3 cm³/mol. The molecule has 0 bridgehead atoms. The fourth-order valence-corrected chi connectivity index (χ4v) is 3.23. The highest BCUT2D eigenvalue weighted by Crippen LogP contribution is 2.42. The van der Waals surface area contributed by atoms with E-state index in [1.165, 1.54) is 10.5 Å². The summed E-state index contributed by atoms with van der Waals surface area (Å²) in [6.07, 6.45) is 1.98. The molecule has 0 aromatic heterocycles. The molecule has 16 heavy (non-hydrogen) atoms. The quantitative estimate of drug-likeness (QED) is 0.752. The number of rotatable bonds is 0. The van der Waals surface area contributed by atoms with Crippen LogP contribution in [0, 0.1) is 0 Å². The summed E-state index contributed by atoms with van der Waals surface area (Å²) >= 11 is 1.86. The maximum atomic E-state index is 6.11. The van der Waals surface area contributed by atoms with Gasteiger partial charge in [-0.15, -0.1) is 11.8 Å². The average molecular weight is 237 g/mol. The van der Waals surface area contributed by atoms with Crippen LogP contribution in [0.2, 0.25) is 0 Å². The second kappa shape index (κ2) is 4.18. The van der Waals surface area contributed by atoms with E-state index in [0.717, 1.165) is 43.3 Å². The molecule has 2 N–H and O–H groups in total. The highest BCUT2D eigenvalue weighted by atomic mass is 32.2. The van der Waals surface area contributed by atoms with E-state index in [4.69, 9.17) is 15.2 Å².